The minimum Gasteiger partial charge on any atom is -0.381 e. The Balaban J connectivity index is 1.79. The van der Waals surface area contributed by atoms with Crippen LogP contribution in [-0.2, 0) is 4.74 Å². The van der Waals surface area contributed by atoms with Gasteiger partial charge in [0.25, 0.3) is 0 Å². The number of ether oxygens (including phenoxy) is 1. The van der Waals surface area contributed by atoms with E-state index < -0.39 is 0 Å². The zero-order valence-corrected chi connectivity index (χ0v) is 14.7. The molecule has 2 aliphatic rings. The monoisotopic (exact) mass is 292 g/mol. The molecule has 1 nitrogen and oxygen atoms in total. The average molecular weight is 293 g/mol. The molecule has 0 saturated heterocycles. The van der Waals surface area contributed by atoms with Crippen molar-refractivity contribution in [3.8, 4) is 0 Å². The Kier molecular flexibility index (Phi) is 6.79. The molecule has 1 heteroatoms. The highest BCUT2D eigenvalue weighted by atomic mass is 16.5. The van der Waals surface area contributed by atoms with E-state index in [1.807, 2.05) is 7.11 Å². The SMILES string of the molecule is CCCC1CCC(C=CC2CCC(OC)C(C)C2C)CC1. The third kappa shape index (κ3) is 4.58. The lowest BCUT2D eigenvalue weighted by molar-refractivity contribution is -0.00576. The quantitative estimate of drug-likeness (QED) is 0.578. The molecular formula is C20H36O. The van der Waals surface area contributed by atoms with E-state index in [1.54, 1.807) is 0 Å². The summed E-state index contributed by atoms with van der Waals surface area (Å²) in [5, 5.41) is 0. The van der Waals surface area contributed by atoms with Crippen LogP contribution in [0.2, 0.25) is 0 Å². The summed E-state index contributed by atoms with van der Waals surface area (Å²) in [6.07, 6.45) is 16.8. The molecule has 0 N–H and O–H groups in total. The van der Waals surface area contributed by atoms with E-state index in [9.17, 15) is 0 Å². The van der Waals surface area contributed by atoms with Crippen LogP contribution in [0.25, 0.3) is 0 Å². The van der Waals surface area contributed by atoms with Gasteiger partial charge in [-0.3, -0.25) is 0 Å². The highest BCUT2D eigenvalue weighted by Crippen LogP contribution is 2.38. The summed E-state index contributed by atoms with van der Waals surface area (Å²) in [4.78, 5) is 0. The van der Waals surface area contributed by atoms with Gasteiger partial charge in [-0.25, -0.2) is 0 Å². The summed E-state index contributed by atoms with van der Waals surface area (Å²) < 4.78 is 5.63. The Hall–Kier alpha value is -0.300. The van der Waals surface area contributed by atoms with Gasteiger partial charge >= 0.3 is 0 Å². The Morgan fingerprint density at radius 2 is 1.62 bits per heavy atom. The first-order valence-electron chi connectivity index (χ1n) is 9.36. The van der Waals surface area contributed by atoms with Gasteiger partial charge in [0.1, 0.15) is 0 Å². The Bertz CT molecular complexity index is 314. The van der Waals surface area contributed by atoms with Crippen molar-refractivity contribution in [3.63, 3.8) is 0 Å². The fraction of sp³-hybridized carbons (Fsp3) is 0.900. The molecule has 0 bridgehead atoms. The molecule has 4 atom stereocenters. The first-order valence-corrected chi connectivity index (χ1v) is 9.36. The third-order valence-corrected chi connectivity index (χ3v) is 6.40. The predicted molar refractivity (Wildman–Crippen MR) is 91.3 cm³/mol. The van der Waals surface area contributed by atoms with Crippen molar-refractivity contribution < 1.29 is 4.74 Å². The second kappa shape index (κ2) is 8.36. The van der Waals surface area contributed by atoms with Gasteiger partial charge in [0.05, 0.1) is 6.10 Å². The molecular weight excluding hydrogens is 256 g/mol. The van der Waals surface area contributed by atoms with Crippen molar-refractivity contribution >= 4 is 0 Å². The first-order chi connectivity index (χ1) is 10.2. The molecule has 0 aromatic rings. The number of allylic oxidation sites excluding steroid dienone is 2. The normalized spacial score (nSPS) is 41.5. The van der Waals surface area contributed by atoms with Crippen molar-refractivity contribution in [1.82, 2.24) is 0 Å². The minimum absolute atomic E-state index is 0.481. The minimum atomic E-state index is 0.481. The third-order valence-electron chi connectivity index (χ3n) is 6.40. The van der Waals surface area contributed by atoms with Crippen LogP contribution in [0, 0.1) is 29.6 Å². The Labute approximate surface area is 132 Å². The van der Waals surface area contributed by atoms with Crippen LogP contribution in [0.3, 0.4) is 0 Å². The first kappa shape index (κ1) is 17.1. The maximum Gasteiger partial charge on any atom is 0.0599 e. The summed E-state index contributed by atoms with van der Waals surface area (Å²) in [6, 6.07) is 0. The van der Waals surface area contributed by atoms with Crippen LogP contribution in [0.5, 0.6) is 0 Å². The van der Waals surface area contributed by atoms with E-state index in [0.29, 0.717) is 12.0 Å². The van der Waals surface area contributed by atoms with Gasteiger partial charge in [-0.15, -0.1) is 0 Å². The van der Waals surface area contributed by atoms with Crippen LogP contribution in [-0.4, -0.2) is 13.2 Å². The molecule has 2 fully saturated rings. The van der Waals surface area contributed by atoms with Crippen LogP contribution < -0.4 is 0 Å². The molecule has 0 spiro atoms. The maximum absolute atomic E-state index is 5.63. The number of hydrogen-bond donors (Lipinski definition) is 0. The van der Waals surface area contributed by atoms with Gasteiger partial charge in [0, 0.05) is 7.11 Å². The van der Waals surface area contributed by atoms with E-state index in [4.69, 9.17) is 4.74 Å². The van der Waals surface area contributed by atoms with E-state index in [1.165, 1.54) is 51.4 Å². The number of hydrogen-bond acceptors (Lipinski definition) is 1. The molecule has 0 aromatic heterocycles. The summed E-state index contributed by atoms with van der Waals surface area (Å²) >= 11 is 0. The van der Waals surface area contributed by atoms with Crippen LogP contribution >= 0.6 is 0 Å². The standard InChI is InChI=1S/C20H36O/c1-5-6-17-7-9-18(10-8-17)11-12-19-13-14-20(21-4)16(3)15(19)2/h11-12,15-20H,5-10,13-14H2,1-4H3. The number of rotatable bonds is 5. The zero-order valence-electron chi connectivity index (χ0n) is 14.7. The summed E-state index contributed by atoms with van der Waals surface area (Å²) in [5.41, 5.74) is 0. The average Bonchev–Trinajstić information content (AvgIpc) is 2.50. The summed E-state index contributed by atoms with van der Waals surface area (Å²) in [7, 11) is 1.87. The van der Waals surface area contributed by atoms with Crippen molar-refractivity contribution in [2.75, 3.05) is 7.11 Å². The molecule has 4 unspecified atom stereocenters. The van der Waals surface area contributed by atoms with Crippen LogP contribution in [0.15, 0.2) is 12.2 Å². The van der Waals surface area contributed by atoms with Crippen molar-refractivity contribution in [1.29, 1.82) is 0 Å². The zero-order chi connectivity index (χ0) is 15.2. The second-order valence-corrected chi connectivity index (χ2v) is 7.69. The fourth-order valence-corrected chi connectivity index (χ4v) is 4.59. The molecule has 0 heterocycles. The molecule has 2 rings (SSSR count). The van der Waals surface area contributed by atoms with Crippen LogP contribution in [0.4, 0.5) is 0 Å². The van der Waals surface area contributed by atoms with Gasteiger partial charge in [-0.05, 0) is 68.1 Å². The predicted octanol–water partition coefficient (Wildman–Crippen LogP) is 5.85. The van der Waals surface area contributed by atoms with Crippen LogP contribution in [0.1, 0.15) is 72.1 Å². The Morgan fingerprint density at radius 3 is 2.24 bits per heavy atom. The van der Waals surface area contributed by atoms with Gasteiger partial charge in [0.15, 0.2) is 0 Å². The molecule has 122 valence electrons. The summed E-state index contributed by atoms with van der Waals surface area (Å²) in [6.45, 7) is 7.11. The van der Waals surface area contributed by atoms with E-state index in [2.05, 4.69) is 32.9 Å². The summed E-state index contributed by atoms with van der Waals surface area (Å²) in [5.74, 6) is 4.12. The highest BCUT2D eigenvalue weighted by molar-refractivity contribution is 4.99. The number of methoxy groups -OCH3 is 1. The molecule has 0 aromatic carbocycles. The molecule has 0 aliphatic heterocycles. The van der Waals surface area contributed by atoms with E-state index in [-0.39, 0.29) is 0 Å². The molecule has 2 aliphatic carbocycles. The van der Waals surface area contributed by atoms with Crippen molar-refractivity contribution in [2.24, 2.45) is 29.6 Å². The van der Waals surface area contributed by atoms with E-state index >= 15 is 0 Å². The lowest BCUT2D eigenvalue weighted by atomic mass is 9.71. The molecule has 0 amide bonds. The largest absolute Gasteiger partial charge is 0.381 e. The highest BCUT2D eigenvalue weighted by Gasteiger charge is 2.32. The molecule has 0 radical (unpaired) electrons. The lowest BCUT2D eigenvalue weighted by Crippen LogP contribution is -2.35. The fourth-order valence-electron chi connectivity index (χ4n) is 4.59. The molecule has 2 saturated carbocycles. The molecule has 21 heavy (non-hydrogen) atoms. The maximum atomic E-state index is 5.63. The van der Waals surface area contributed by atoms with E-state index in [0.717, 1.165) is 23.7 Å². The Morgan fingerprint density at radius 1 is 0.905 bits per heavy atom. The van der Waals surface area contributed by atoms with Gasteiger partial charge < -0.3 is 4.74 Å². The van der Waals surface area contributed by atoms with Crippen molar-refractivity contribution in [2.45, 2.75) is 78.2 Å². The second-order valence-electron chi connectivity index (χ2n) is 7.69. The smallest absolute Gasteiger partial charge is 0.0599 e. The van der Waals surface area contributed by atoms with Gasteiger partial charge in [0.2, 0.25) is 0 Å². The van der Waals surface area contributed by atoms with Crippen molar-refractivity contribution in [3.05, 3.63) is 12.2 Å². The van der Waals surface area contributed by atoms with Gasteiger partial charge in [-0.1, -0.05) is 45.8 Å². The lowest BCUT2D eigenvalue weighted by Gasteiger charge is -2.38. The topological polar surface area (TPSA) is 9.23 Å². The van der Waals surface area contributed by atoms with Gasteiger partial charge in [-0.2, -0.15) is 0 Å².